The summed E-state index contributed by atoms with van der Waals surface area (Å²) in [6, 6.07) is 5.77. The number of halogens is 2. The number of likely N-dealkylation sites (N-methyl/N-ethyl adjacent to an activating group) is 2. The van der Waals surface area contributed by atoms with Gasteiger partial charge in [-0.25, -0.2) is 13.8 Å². The van der Waals surface area contributed by atoms with Gasteiger partial charge in [0.15, 0.2) is 11.6 Å². The molecule has 9 heteroatoms. The molecule has 0 spiro atoms. The number of aromatic amines is 1. The maximum Gasteiger partial charge on any atom is 0.254 e. The number of hydrogen-bond acceptors (Lipinski definition) is 4. The molecule has 1 N–H and O–H groups in total. The lowest BCUT2D eigenvalue weighted by Crippen LogP contribution is -2.47. The van der Waals surface area contributed by atoms with Crippen LogP contribution in [0.25, 0.3) is 22.7 Å². The molecule has 2 aliphatic rings. The van der Waals surface area contributed by atoms with Crippen molar-refractivity contribution in [3.05, 3.63) is 65.0 Å². The molecule has 188 valence electrons. The summed E-state index contributed by atoms with van der Waals surface area (Å²) in [5.74, 6) is -2.28. The summed E-state index contributed by atoms with van der Waals surface area (Å²) in [5, 5.41) is 0.756. The van der Waals surface area contributed by atoms with Crippen molar-refractivity contribution >= 4 is 34.5 Å². The maximum atomic E-state index is 14.6. The van der Waals surface area contributed by atoms with Crippen LogP contribution in [0.4, 0.5) is 8.78 Å². The van der Waals surface area contributed by atoms with Gasteiger partial charge in [-0.1, -0.05) is 12.1 Å². The number of rotatable bonds is 5. The lowest BCUT2D eigenvalue weighted by atomic mass is 10.00. The highest BCUT2D eigenvalue weighted by Crippen LogP contribution is 2.49. The van der Waals surface area contributed by atoms with Crippen LogP contribution < -0.4 is 0 Å². The molecule has 1 aromatic carbocycles. The first-order chi connectivity index (χ1) is 17.2. The Morgan fingerprint density at radius 1 is 1.17 bits per heavy atom. The van der Waals surface area contributed by atoms with Crippen molar-refractivity contribution < 1.29 is 18.4 Å². The van der Waals surface area contributed by atoms with Crippen molar-refractivity contribution in [2.24, 2.45) is 5.92 Å². The highest BCUT2D eigenvalue weighted by molar-refractivity contribution is 6.24. The van der Waals surface area contributed by atoms with E-state index >= 15 is 0 Å². The minimum atomic E-state index is -1.07. The molecule has 2 atom stereocenters. The van der Waals surface area contributed by atoms with Crippen LogP contribution in [0.2, 0.25) is 0 Å². The largest absolute Gasteiger partial charge is 0.346 e. The predicted molar refractivity (Wildman–Crippen MR) is 134 cm³/mol. The van der Waals surface area contributed by atoms with Crippen molar-refractivity contribution in [2.75, 3.05) is 47.3 Å². The van der Waals surface area contributed by atoms with Crippen LogP contribution in [0, 0.1) is 17.6 Å². The molecule has 5 rings (SSSR count). The fourth-order valence-corrected chi connectivity index (χ4v) is 4.82. The van der Waals surface area contributed by atoms with Crippen molar-refractivity contribution in [3.8, 4) is 0 Å². The van der Waals surface area contributed by atoms with Crippen LogP contribution in [0.3, 0.4) is 0 Å². The Morgan fingerprint density at radius 3 is 2.64 bits per heavy atom. The molecular formula is C27H29F2N5O2. The number of piperazine rings is 1. The van der Waals surface area contributed by atoms with Crippen molar-refractivity contribution in [2.45, 2.75) is 12.3 Å². The number of H-pyrrole nitrogens is 1. The first kappa shape index (κ1) is 24.1. The summed E-state index contributed by atoms with van der Waals surface area (Å²) in [6.45, 7) is 3.27. The Balaban J connectivity index is 1.46. The molecule has 2 fully saturated rings. The third kappa shape index (κ3) is 4.51. The Hall–Kier alpha value is -3.59. The fourth-order valence-electron chi connectivity index (χ4n) is 4.82. The van der Waals surface area contributed by atoms with Gasteiger partial charge in [0.2, 0.25) is 5.91 Å². The van der Waals surface area contributed by atoms with E-state index < -0.39 is 17.5 Å². The van der Waals surface area contributed by atoms with E-state index in [0.717, 1.165) is 49.6 Å². The van der Waals surface area contributed by atoms with Crippen LogP contribution in [0.1, 0.15) is 29.0 Å². The molecule has 3 aromatic rings. The standard InChI is InChI=1S/C27H29F2N5O2/c1-32(2)26(35)21(18-5-4-6-23(28)24(18)29)12-17-15-31-25-20(17)11-16(14-30-25)19-13-22(19)27(36)34-9-7-33(3)8-10-34/h4-6,11-12,14-15,19,22H,7-10,13H2,1-3H3,(H,30,31)/t19-,22-/m0/s1. The van der Waals surface area contributed by atoms with Crippen molar-refractivity contribution in [1.29, 1.82) is 0 Å². The lowest BCUT2D eigenvalue weighted by Gasteiger charge is -2.32. The molecule has 36 heavy (non-hydrogen) atoms. The summed E-state index contributed by atoms with van der Waals surface area (Å²) in [4.78, 5) is 39.0. The normalized spacial score (nSPS) is 20.6. The second-order valence-corrected chi connectivity index (χ2v) is 9.85. The highest BCUT2D eigenvalue weighted by atomic mass is 19.2. The first-order valence-electron chi connectivity index (χ1n) is 12.1. The number of carbonyl (C=O) groups is 2. The van der Waals surface area contributed by atoms with Gasteiger partial charge in [0.1, 0.15) is 5.65 Å². The topological polar surface area (TPSA) is 72.5 Å². The number of nitrogens with one attached hydrogen (secondary N) is 1. The summed E-state index contributed by atoms with van der Waals surface area (Å²) in [7, 11) is 5.19. The van der Waals surface area contributed by atoms with E-state index in [4.69, 9.17) is 0 Å². The average Bonchev–Trinajstić information content (AvgIpc) is 3.57. The zero-order chi connectivity index (χ0) is 25.6. The molecular weight excluding hydrogens is 464 g/mol. The molecule has 2 aromatic heterocycles. The van der Waals surface area contributed by atoms with E-state index in [1.807, 2.05) is 11.0 Å². The Morgan fingerprint density at radius 2 is 1.92 bits per heavy atom. The molecule has 0 unspecified atom stereocenters. The number of pyridine rings is 1. The minimum absolute atomic E-state index is 0.0397. The van der Waals surface area contributed by atoms with Gasteiger partial charge in [0.25, 0.3) is 5.91 Å². The van der Waals surface area contributed by atoms with E-state index in [2.05, 4.69) is 21.9 Å². The molecule has 3 heterocycles. The van der Waals surface area contributed by atoms with Gasteiger partial charge >= 0.3 is 0 Å². The SMILES string of the molecule is CN1CCN(C(=O)[C@H]2C[C@H]2c2cnc3[nH]cc(C=C(C(=O)N(C)C)c4cccc(F)c4F)c3c2)CC1. The molecule has 0 bridgehead atoms. The monoisotopic (exact) mass is 493 g/mol. The van der Waals surface area contributed by atoms with Crippen LogP contribution in [-0.4, -0.2) is 83.8 Å². The number of benzene rings is 1. The van der Waals surface area contributed by atoms with Gasteiger partial charge in [-0.3, -0.25) is 9.59 Å². The Labute approximate surface area is 208 Å². The highest BCUT2D eigenvalue weighted by Gasteiger charge is 2.46. The number of aromatic nitrogens is 2. The molecule has 1 aliphatic heterocycles. The van der Waals surface area contributed by atoms with Gasteiger partial charge in [0, 0.05) is 75.1 Å². The van der Waals surface area contributed by atoms with E-state index in [1.165, 1.54) is 17.0 Å². The maximum absolute atomic E-state index is 14.6. The number of nitrogens with zero attached hydrogens (tertiary/aromatic N) is 4. The Kier molecular flexibility index (Phi) is 6.34. The minimum Gasteiger partial charge on any atom is -0.346 e. The number of hydrogen-bond donors (Lipinski definition) is 1. The molecule has 0 radical (unpaired) electrons. The molecule has 1 aliphatic carbocycles. The van der Waals surface area contributed by atoms with Gasteiger partial charge in [0.05, 0.1) is 5.57 Å². The lowest BCUT2D eigenvalue weighted by molar-refractivity contribution is -0.134. The fraction of sp³-hybridized carbons (Fsp3) is 0.370. The van der Waals surface area contributed by atoms with Crippen molar-refractivity contribution in [1.82, 2.24) is 24.7 Å². The van der Waals surface area contributed by atoms with Gasteiger partial charge < -0.3 is 19.7 Å². The smallest absolute Gasteiger partial charge is 0.254 e. The van der Waals surface area contributed by atoms with E-state index in [0.29, 0.717) is 11.2 Å². The summed E-state index contributed by atoms with van der Waals surface area (Å²) in [5.41, 5.74) is 2.14. The van der Waals surface area contributed by atoms with E-state index in [1.54, 1.807) is 32.6 Å². The number of fused-ring (bicyclic) bond motifs is 1. The van der Waals surface area contributed by atoms with Gasteiger partial charge in [-0.2, -0.15) is 0 Å². The summed E-state index contributed by atoms with van der Waals surface area (Å²) in [6.07, 6.45) is 5.82. The molecule has 7 nitrogen and oxygen atoms in total. The molecule has 1 saturated heterocycles. The van der Waals surface area contributed by atoms with Crippen molar-refractivity contribution in [3.63, 3.8) is 0 Å². The third-order valence-electron chi connectivity index (χ3n) is 7.11. The summed E-state index contributed by atoms with van der Waals surface area (Å²) >= 11 is 0. The molecule has 2 amide bonds. The van der Waals surface area contributed by atoms with Crippen LogP contribution in [0.15, 0.2) is 36.7 Å². The second kappa shape index (κ2) is 9.46. The van der Waals surface area contributed by atoms with Crippen LogP contribution in [-0.2, 0) is 9.59 Å². The second-order valence-electron chi connectivity index (χ2n) is 9.85. The van der Waals surface area contributed by atoms with Gasteiger partial charge in [-0.15, -0.1) is 0 Å². The van der Waals surface area contributed by atoms with E-state index in [-0.39, 0.29) is 28.9 Å². The average molecular weight is 494 g/mol. The van der Waals surface area contributed by atoms with E-state index in [9.17, 15) is 18.4 Å². The number of carbonyl (C=O) groups excluding carboxylic acids is 2. The first-order valence-corrected chi connectivity index (χ1v) is 12.1. The third-order valence-corrected chi connectivity index (χ3v) is 7.11. The Bertz CT molecular complexity index is 1360. The van der Waals surface area contributed by atoms with Crippen LogP contribution >= 0.6 is 0 Å². The molecule has 1 saturated carbocycles. The quantitative estimate of drug-likeness (QED) is 0.554. The van der Waals surface area contributed by atoms with Crippen LogP contribution in [0.5, 0.6) is 0 Å². The predicted octanol–water partition coefficient (Wildman–Crippen LogP) is 3.35. The number of amides is 2. The zero-order valence-corrected chi connectivity index (χ0v) is 20.6. The zero-order valence-electron chi connectivity index (χ0n) is 20.6. The summed E-state index contributed by atoms with van der Waals surface area (Å²) < 4.78 is 28.6. The van der Waals surface area contributed by atoms with Gasteiger partial charge in [-0.05, 0) is 43.2 Å².